The van der Waals surface area contributed by atoms with E-state index in [4.69, 9.17) is 14.2 Å². The van der Waals surface area contributed by atoms with E-state index in [0.717, 1.165) is 103 Å². The van der Waals surface area contributed by atoms with Crippen LogP contribution in [0.5, 0.6) is 0 Å². The molecule has 0 amide bonds. The van der Waals surface area contributed by atoms with E-state index in [9.17, 15) is 14.4 Å². The minimum atomic E-state index is -0.814. The van der Waals surface area contributed by atoms with E-state index in [1.807, 2.05) is 0 Å². The van der Waals surface area contributed by atoms with Gasteiger partial charge in [0.15, 0.2) is 6.10 Å². The lowest BCUT2D eigenvalue weighted by Crippen LogP contribution is -2.30. The highest BCUT2D eigenvalue weighted by Crippen LogP contribution is 2.14. The third-order valence-electron chi connectivity index (χ3n) is 11.0. The molecule has 0 saturated heterocycles. The van der Waals surface area contributed by atoms with E-state index in [2.05, 4.69) is 142 Å². The third-order valence-corrected chi connectivity index (χ3v) is 11.0. The van der Waals surface area contributed by atoms with Crippen molar-refractivity contribution in [3.63, 3.8) is 0 Å². The molecule has 0 aliphatic rings. The lowest BCUT2D eigenvalue weighted by atomic mass is 10.1. The first-order valence-corrected chi connectivity index (χ1v) is 27.1. The van der Waals surface area contributed by atoms with Gasteiger partial charge in [-0.25, -0.2) is 0 Å². The second-order valence-electron chi connectivity index (χ2n) is 17.4. The van der Waals surface area contributed by atoms with Gasteiger partial charge in [0, 0.05) is 19.3 Å². The number of rotatable bonds is 47. The van der Waals surface area contributed by atoms with Crippen molar-refractivity contribution in [1.29, 1.82) is 0 Å². The SMILES string of the molecule is CC\C=C/C=C\C=C/CCCCCCCCCC(=O)OCC(COC(=O)CCC/C=C\C/C=C\C/C=C\C/C=C\C/C=C\CC)OC(=O)CCCCCCCCC/C=C\C/C=C\CCCCC. The molecule has 0 bridgehead atoms. The zero-order chi connectivity index (χ0) is 48.6. The van der Waals surface area contributed by atoms with Crippen molar-refractivity contribution < 1.29 is 28.6 Å². The summed E-state index contributed by atoms with van der Waals surface area (Å²) >= 11 is 0. The minimum absolute atomic E-state index is 0.109. The Hall–Kier alpha value is -4.19. The number of unbranched alkanes of at least 4 members (excludes halogenated alkanes) is 18. The first kappa shape index (κ1) is 62.8. The molecule has 1 unspecified atom stereocenters. The Morgan fingerprint density at radius 2 is 0.672 bits per heavy atom. The number of carbonyl (C=O) groups excluding carboxylic acids is 3. The average molecular weight is 927 g/mol. The van der Waals surface area contributed by atoms with E-state index < -0.39 is 6.10 Å². The Morgan fingerprint density at radius 3 is 1.13 bits per heavy atom. The number of esters is 3. The first-order valence-electron chi connectivity index (χ1n) is 27.1. The summed E-state index contributed by atoms with van der Waals surface area (Å²) in [6.07, 6.45) is 74.7. The molecule has 0 radical (unpaired) electrons. The molecule has 0 aromatic rings. The molecular formula is C61H98O6. The van der Waals surface area contributed by atoms with Crippen LogP contribution in [-0.2, 0) is 28.6 Å². The fraction of sp³-hybridized carbons (Fsp3) is 0.623. The second-order valence-corrected chi connectivity index (χ2v) is 17.4. The summed E-state index contributed by atoms with van der Waals surface area (Å²) in [7, 11) is 0. The van der Waals surface area contributed by atoms with Gasteiger partial charge in [0.25, 0.3) is 0 Å². The number of hydrogen-bond acceptors (Lipinski definition) is 6. The van der Waals surface area contributed by atoms with Crippen LogP contribution in [0, 0.1) is 0 Å². The van der Waals surface area contributed by atoms with Crippen LogP contribution in [0.1, 0.15) is 226 Å². The van der Waals surface area contributed by atoms with E-state index >= 15 is 0 Å². The Kier molecular flexibility index (Phi) is 51.0. The maximum Gasteiger partial charge on any atom is 0.306 e. The summed E-state index contributed by atoms with van der Waals surface area (Å²) in [6.45, 7) is 6.29. The van der Waals surface area contributed by atoms with Crippen LogP contribution in [0.15, 0.2) is 122 Å². The van der Waals surface area contributed by atoms with Crippen LogP contribution >= 0.6 is 0 Å². The summed E-state index contributed by atoms with van der Waals surface area (Å²) in [5.41, 5.74) is 0. The molecular weight excluding hydrogens is 829 g/mol. The minimum Gasteiger partial charge on any atom is -0.462 e. The van der Waals surface area contributed by atoms with E-state index in [-0.39, 0.29) is 37.5 Å². The van der Waals surface area contributed by atoms with Crippen molar-refractivity contribution in [1.82, 2.24) is 0 Å². The summed E-state index contributed by atoms with van der Waals surface area (Å²) in [6, 6.07) is 0. The van der Waals surface area contributed by atoms with Crippen LogP contribution in [0.25, 0.3) is 0 Å². The van der Waals surface area contributed by atoms with E-state index in [1.165, 1.54) is 77.0 Å². The topological polar surface area (TPSA) is 78.9 Å². The van der Waals surface area contributed by atoms with Crippen molar-refractivity contribution in [3.05, 3.63) is 122 Å². The molecule has 0 aromatic heterocycles. The van der Waals surface area contributed by atoms with Crippen LogP contribution in [0.2, 0.25) is 0 Å². The molecule has 0 rings (SSSR count). The van der Waals surface area contributed by atoms with Gasteiger partial charge in [-0.3, -0.25) is 14.4 Å². The molecule has 0 aromatic carbocycles. The largest absolute Gasteiger partial charge is 0.462 e. The predicted molar refractivity (Wildman–Crippen MR) is 288 cm³/mol. The summed E-state index contributed by atoms with van der Waals surface area (Å²) in [5.74, 6) is -0.993. The van der Waals surface area contributed by atoms with Crippen molar-refractivity contribution in [2.45, 2.75) is 232 Å². The molecule has 0 fully saturated rings. The molecule has 0 saturated carbocycles. The maximum atomic E-state index is 12.8. The molecule has 0 N–H and O–H groups in total. The summed E-state index contributed by atoms with van der Waals surface area (Å²) < 4.78 is 16.8. The van der Waals surface area contributed by atoms with Gasteiger partial charge in [0.1, 0.15) is 13.2 Å². The third kappa shape index (κ3) is 52.6. The van der Waals surface area contributed by atoms with Crippen molar-refractivity contribution in [3.8, 4) is 0 Å². The molecule has 378 valence electrons. The standard InChI is InChI=1S/C61H98O6/c1-4-7-10-13-16-19-22-25-28-30-33-36-39-42-45-48-51-54-60(63)66-57-58(56-65-59(62)53-50-47-44-41-38-35-32-27-24-21-18-15-12-9-6-3)67-61(64)55-52-49-46-43-40-37-34-31-29-26-23-20-17-14-11-8-5-2/h7,9-10,12,15-21,24-26,28-29,33,36,42,45,58H,4-6,8,11,13-14,22-23,27,30-32,34-35,37-41,43-44,46-57H2,1-3H3/b10-7-,12-9-,18-15-,19-16-,20-17-,24-21-,28-25-,29-26-,36-33-,45-42-. The molecule has 6 nitrogen and oxygen atoms in total. The molecule has 0 aliphatic carbocycles. The van der Waals surface area contributed by atoms with Crippen LogP contribution in [0.3, 0.4) is 0 Å². The van der Waals surface area contributed by atoms with Crippen molar-refractivity contribution in [2.24, 2.45) is 0 Å². The molecule has 0 heterocycles. The summed E-state index contributed by atoms with van der Waals surface area (Å²) in [5, 5.41) is 0. The van der Waals surface area contributed by atoms with Gasteiger partial charge >= 0.3 is 17.9 Å². The van der Waals surface area contributed by atoms with Gasteiger partial charge < -0.3 is 14.2 Å². The van der Waals surface area contributed by atoms with Gasteiger partial charge in [-0.05, 0) is 109 Å². The Balaban J connectivity index is 4.53. The van der Waals surface area contributed by atoms with Crippen LogP contribution in [-0.4, -0.2) is 37.2 Å². The molecule has 0 aliphatic heterocycles. The number of allylic oxidation sites excluding steroid dienone is 20. The highest BCUT2D eigenvalue weighted by Gasteiger charge is 2.19. The zero-order valence-corrected chi connectivity index (χ0v) is 43.1. The van der Waals surface area contributed by atoms with Gasteiger partial charge in [0.05, 0.1) is 0 Å². The Labute approximate surface area is 412 Å². The molecule has 67 heavy (non-hydrogen) atoms. The van der Waals surface area contributed by atoms with Crippen LogP contribution < -0.4 is 0 Å². The van der Waals surface area contributed by atoms with E-state index in [0.29, 0.717) is 19.3 Å². The van der Waals surface area contributed by atoms with Crippen molar-refractivity contribution in [2.75, 3.05) is 13.2 Å². The average Bonchev–Trinajstić information content (AvgIpc) is 3.33. The normalized spacial score (nSPS) is 13.1. The fourth-order valence-electron chi connectivity index (χ4n) is 6.98. The van der Waals surface area contributed by atoms with Gasteiger partial charge in [0.2, 0.25) is 0 Å². The molecule has 0 spiro atoms. The smallest absolute Gasteiger partial charge is 0.306 e. The Bertz CT molecular complexity index is 1440. The monoisotopic (exact) mass is 927 g/mol. The highest BCUT2D eigenvalue weighted by atomic mass is 16.6. The molecule has 6 heteroatoms. The van der Waals surface area contributed by atoms with Gasteiger partial charge in [-0.2, -0.15) is 0 Å². The molecule has 1 atom stereocenters. The highest BCUT2D eigenvalue weighted by molar-refractivity contribution is 5.71. The van der Waals surface area contributed by atoms with Gasteiger partial charge in [-0.1, -0.05) is 219 Å². The predicted octanol–water partition coefficient (Wildman–Crippen LogP) is 18.1. The second kappa shape index (κ2) is 54.4. The quantitative estimate of drug-likeness (QED) is 0.0199. The fourth-order valence-corrected chi connectivity index (χ4v) is 6.98. The van der Waals surface area contributed by atoms with Gasteiger partial charge in [-0.15, -0.1) is 0 Å². The summed E-state index contributed by atoms with van der Waals surface area (Å²) in [4.78, 5) is 38.1. The lowest BCUT2D eigenvalue weighted by Gasteiger charge is -2.18. The van der Waals surface area contributed by atoms with Crippen molar-refractivity contribution >= 4 is 17.9 Å². The lowest BCUT2D eigenvalue weighted by molar-refractivity contribution is -0.167. The maximum absolute atomic E-state index is 12.8. The Morgan fingerprint density at radius 1 is 0.328 bits per heavy atom. The number of ether oxygens (including phenoxy) is 3. The first-order chi connectivity index (χ1) is 33.0. The number of carbonyl (C=O) groups is 3. The zero-order valence-electron chi connectivity index (χ0n) is 43.1. The van der Waals surface area contributed by atoms with E-state index in [1.54, 1.807) is 0 Å². The van der Waals surface area contributed by atoms with Crippen LogP contribution in [0.4, 0.5) is 0 Å². The number of hydrogen-bond donors (Lipinski definition) is 0.